The second kappa shape index (κ2) is 8.69. The largest absolute Gasteiger partial charge is 0.492 e. The Morgan fingerprint density at radius 2 is 1.86 bits per heavy atom. The highest BCUT2D eigenvalue weighted by Gasteiger charge is 2.36. The second-order valence-corrected chi connectivity index (χ2v) is 6.17. The van der Waals surface area contributed by atoms with Gasteiger partial charge in [-0.15, -0.1) is 0 Å². The monoisotopic (exact) mass is 390 g/mol. The molecular formula is C20H20F2N2O4. The molecule has 2 amide bonds. The maximum Gasteiger partial charge on any atom is 0.387 e. The lowest BCUT2D eigenvalue weighted by Crippen LogP contribution is -2.28. The number of carbonyl (C=O) groups is 2. The van der Waals surface area contributed by atoms with Crippen molar-refractivity contribution in [2.45, 2.75) is 20.0 Å². The number of ether oxygens (including phenoxy) is 2. The molecule has 2 aromatic carbocycles. The van der Waals surface area contributed by atoms with E-state index in [2.05, 4.69) is 10.1 Å². The molecule has 0 aliphatic carbocycles. The molecule has 1 heterocycles. The number of alkyl halides is 2. The van der Waals surface area contributed by atoms with Crippen LogP contribution in [-0.2, 0) is 9.59 Å². The topological polar surface area (TPSA) is 67.9 Å². The van der Waals surface area contributed by atoms with Gasteiger partial charge in [-0.3, -0.25) is 9.59 Å². The Kier molecular flexibility index (Phi) is 6.08. The van der Waals surface area contributed by atoms with Crippen LogP contribution < -0.4 is 19.7 Å². The smallest absolute Gasteiger partial charge is 0.387 e. The van der Waals surface area contributed by atoms with Crippen molar-refractivity contribution in [1.82, 2.24) is 0 Å². The number of carbonyl (C=O) groups excluding carboxylic acids is 2. The predicted octanol–water partition coefficient (Wildman–Crippen LogP) is 3.68. The molecule has 2 aromatic rings. The van der Waals surface area contributed by atoms with E-state index in [1.165, 1.54) is 23.1 Å². The highest BCUT2D eigenvalue weighted by atomic mass is 19.3. The summed E-state index contributed by atoms with van der Waals surface area (Å²) in [6.45, 7) is -0.537. The van der Waals surface area contributed by atoms with Gasteiger partial charge in [-0.1, -0.05) is 24.3 Å². The summed E-state index contributed by atoms with van der Waals surface area (Å²) < 4.78 is 35.0. The third kappa shape index (κ3) is 4.39. The lowest BCUT2D eigenvalue weighted by Gasteiger charge is -2.20. The number of benzene rings is 2. The molecule has 1 fully saturated rings. The van der Waals surface area contributed by atoms with Crippen LogP contribution in [0.15, 0.2) is 48.5 Å². The maximum atomic E-state index is 12.6. The normalized spacial score (nSPS) is 16.4. The molecule has 3 rings (SSSR count). The number of hydrogen-bond donors (Lipinski definition) is 1. The van der Waals surface area contributed by atoms with Crippen molar-refractivity contribution in [2.75, 3.05) is 23.4 Å². The standard InChI is InChI=1S/C20H20F2N2O4/c1-2-27-17-10-6-4-8-15(17)24-12-13(11-18(24)25)19(26)23-14-7-3-5-9-16(14)28-20(21)22/h3-10,13,20H,2,11-12H2,1H3,(H,23,26). The van der Waals surface area contributed by atoms with Crippen molar-refractivity contribution < 1.29 is 27.8 Å². The van der Waals surface area contributed by atoms with Crippen molar-refractivity contribution in [2.24, 2.45) is 5.92 Å². The molecule has 1 saturated heterocycles. The van der Waals surface area contributed by atoms with Gasteiger partial charge in [0.05, 0.1) is 23.9 Å². The highest BCUT2D eigenvalue weighted by Crippen LogP contribution is 2.34. The number of halogens is 2. The molecule has 1 aliphatic rings. The average molecular weight is 390 g/mol. The molecule has 1 atom stereocenters. The Bertz CT molecular complexity index is 860. The molecule has 1 unspecified atom stereocenters. The quantitative estimate of drug-likeness (QED) is 0.783. The maximum absolute atomic E-state index is 12.6. The molecule has 0 radical (unpaired) electrons. The molecule has 0 aromatic heterocycles. The van der Waals surface area contributed by atoms with Crippen molar-refractivity contribution in [3.8, 4) is 11.5 Å². The number of hydrogen-bond acceptors (Lipinski definition) is 4. The van der Waals surface area contributed by atoms with E-state index in [9.17, 15) is 18.4 Å². The van der Waals surface area contributed by atoms with Crippen molar-refractivity contribution in [3.05, 3.63) is 48.5 Å². The number of rotatable bonds is 7. The first-order valence-electron chi connectivity index (χ1n) is 8.86. The zero-order valence-electron chi connectivity index (χ0n) is 15.2. The van der Waals surface area contributed by atoms with Gasteiger partial charge in [0.2, 0.25) is 11.8 Å². The Hall–Kier alpha value is -3.16. The second-order valence-electron chi connectivity index (χ2n) is 6.17. The van der Waals surface area contributed by atoms with Crippen LogP contribution in [0, 0.1) is 5.92 Å². The predicted molar refractivity (Wildman–Crippen MR) is 99.8 cm³/mol. The minimum absolute atomic E-state index is 0.0180. The van der Waals surface area contributed by atoms with Gasteiger partial charge in [-0.25, -0.2) is 0 Å². The van der Waals surface area contributed by atoms with Crippen LogP contribution in [0.5, 0.6) is 11.5 Å². The summed E-state index contributed by atoms with van der Waals surface area (Å²) in [5, 5.41) is 2.58. The van der Waals surface area contributed by atoms with Gasteiger partial charge in [0.1, 0.15) is 11.5 Å². The van der Waals surface area contributed by atoms with Gasteiger partial charge in [0.25, 0.3) is 0 Å². The van der Waals surface area contributed by atoms with Gasteiger partial charge in [-0.05, 0) is 31.2 Å². The molecule has 1 N–H and O–H groups in total. The average Bonchev–Trinajstić information content (AvgIpc) is 3.05. The van der Waals surface area contributed by atoms with Crippen LogP contribution in [0.3, 0.4) is 0 Å². The number of para-hydroxylation sites is 4. The first kappa shape index (κ1) is 19.6. The van der Waals surface area contributed by atoms with E-state index in [1.807, 2.05) is 6.92 Å². The minimum atomic E-state index is -3.00. The summed E-state index contributed by atoms with van der Waals surface area (Å²) in [6.07, 6.45) is 0.0180. The van der Waals surface area contributed by atoms with E-state index in [0.717, 1.165) is 0 Å². The summed E-state index contributed by atoms with van der Waals surface area (Å²) in [7, 11) is 0. The molecule has 28 heavy (non-hydrogen) atoms. The van der Waals surface area contributed by atoms with Gasteiger partial charge >= 0.3 is 6.61 Å². The van der Waals surface area contributed by atoms with Crippen LogP contribution in [0.25, 0.3) is 0 Å². The summed E-state index contributed by atoms with van der Waals surface area (Å²) in [5.41, 5.74) is 0.736. The summed E-state index contributed by atoms with van der Waals surface area (Å²) in [4.78, 5) is 26.6. The zero-order chi connectivity index (χ0) is 20.1. The van der Waals surface area contributed by atoms with E-state index in [-0.39, 0.29) is 30.3 Å². The Labute approximate surface area is 161 Å². The molecule has 1 aliphatic heterocycles. The number of amides is 2. The van der Waals surface area contributed by atoms with E-state index in [0.29, 0.717) is 18.0 Å². The van der Waals surface area contributed by atoms with Gasteiger partial charge in [0.15, 0.2) is 0 Å². The fourth-order valence-corrected chi connectivity index (χ4v) is 3.08. The van der Waals surface area contributed by atoms with Crippen LogP contribution in [-0.4, -0.2) is 31.6 Å². The molecule has 148 valence electrons. The molecule has 0 bridgehead atoms. The summed E-state index contributed by atoms with van der Waals surface area (Å²) >= 11 is 0. The summed E-state index contributed by atoms with van der Waals surface area (Å²) in [5.74, 6) is -0.829. The number of nitrogens with one attached hydrogen (secondary N) is 1. The van der Waals surface area contributed by atoms with Crippen molar-refractivity contribution in [1.29, 1.82) is 0 Å². The van der Waals surface area contributed by atoms with Gasteiger partial charge in [-0.2, -0.15) is 8.78 Å². The fourth-order valence-electron chi connectivity index (χ4n) is 3.08. The SMILES string of the molecule is CCOc1ccccc1N1CC(C(=O)Nc2ccccc2OC(F)F)CC1=O. The first-order valence-corrected chi connectivity index (χ1v) is 8.86. The van der Waals surface area contributed by atoms with Crippen molar-refractivity contribution >= 4 is 23.2 Å². The van der Waals surface area contributed by atoms with Crippen LogP contribution in [0.2, 0.25) is 0 Å². The molecule has 6 nitrogen and oxygen atoms in total. The van der Waals surface area contributed by atoms with E-state index >= 15 is 0 Å². The Morgan fingerprint density at radius 1 is 1.18 bits per heavy atom. The van der Waals surface area contributed by atoms with Gasteiger partial charge < -0.3 is 19.7 Å². The molecule has 0 spiro atoms. The van der Waals surface area contributed by atoms with Crippen LogP contribution >= 0.6 is 0 Å². The van der Waals surface area contributed by atoms with E-state index in [4.69, 9.17) is 4.74 Å². The third-order valence-corrected chi connectivity index (χ3v) is 4.31. The fraction of sp³-hybridized carbons (Fsp3) is 0.300. The molecular weight excluding hydrogens is 370 g/mol. The first-order chi connectivity index (χ1) is 13.5. The van der Waals surface area contributed by atoms with Gasteiger partial charge in [0, 0.05) is 13.0 Å². The zero-order valence-corrected chi connectivity index (χ0v) is 15.2. The van der Waals surface area contributed by atoms with E-state index < -0.39 is 18.4 Å². The third-order valence-electron chi connectivity index (χ3n) is 4.31. The Balaban J connectivity index is 1.73. The minimum Gasteiger partial charge on any atom is -0.492 e. The molecule has 8 heteroatoms. The molecule has 0 saturated carbocycles. The van der Waals surface area contributed by atoms with Crippen LogP contribution in [0.1, 0.15) is 13.3 Å². The Morgan fingerprint density at radius 3 is 2.57 bits per heavy atom. The summed E-state index contributed by atoms with van der Waals surface area (Å²) in [6, 6.07) is 13.0. The lowest BCUT2D eigenvalue weighted by atomic mass is 10.1. The van der Waals surface area contributed by atoms with E-state index in [1.54, 1.807) is 30.3 Å². The number of nitrogens with zero attached hydrogens (tertiary/aromatic N) is 1. The van der Waals surface area contributed by atoms with Crippen molar-refractivity contribution in [3.63, 3.8) is 0 Å². The highest BCUT2D eigenvalue weighted by molar-refractivity contribution is 6.04. The van der Waals surface area contributed by atoms with Crippen LogP contribution in [0.4, 0.5) is 20.2 Å². The lowest BCUT2D eigenvalue weighted by molar-refractivity contribution is -0.122. The number of anilines is 2.